The van der Waals surface area contributed by atoms with Crippen LogP contribution in [0.3, 0.4) is 0 Å². The molecule has 0 aromatic heterocycles. The number of carbonyl (C=O) groups is 1. The molecule has 1 N–H and O–H groups in total. The summed E-state index contributed by atoms with van der Waals surface area (Å²) >= 11 is 5.79. The number of hydrogen-bond acceptors (Lipinski definition) is 2. The number of ether oxygens (including phenoxy) is 1. The van der Waals surface area contributed by atoms with E-state index in [4.69, 9.17) is 16.3 Å². The first-order valence-corrected chi connectivity index (χ1v) is 6.77. The van der Waals surface area contributed by atoms with Gasteiger partial charge in [-0.25, -0.2) is 0 Å². The molecule has 3 nitrogen and oxygen atoms in total. The number of hydrogen-bond donors (Lipinski definition) is 1. The van der Waals surface area contributed by atoms with Crippen molar-refractivity contribution in [3.8, 4) is 5.75 Å². The molecule has 0 fully saturated rings. The van der Waals surface area contributed by atoms with Gasteiger partial charge in [0.15, 0.2) is 6.10 Å². The van der Waals surface area contributed by atoms with Crippen LogP contribution in [0.25, 0.3) is 0 Å². The van der Waals surface area contributed by atoms with Crippen LogP contribution in [-0.2, 0) is 11.3 Å². The third-order valence-electron chi connectivity index (χ3n) is 2.81. The van der Waals surface area contributed by atoms with Crippen LogP contribution in [0.5, 0.6) is 5.75 Å². The van der Waals surface area contributed by atoms with Crippen molar-refractivity contribution in [1.29, 1.82) is 0 Å². The number of rotatable bonds is 5. The van der Waals surface area contributed by atoms with Gasteiger partial charge in [0.1, 0.15) is 5.75 Å². The van der Waals surface area contributed by atoms with Crippen molar-refractivity contribution in [2.75, 3.05) is 0 Å². The second-order valence-corrected chi connectivity index (χ2v) is 4.85. The summed E-state index contributed by atoms with van der Waals surface area (Å²) in [5.74, 6) is 0.473. The highest BCUT2D eigenvalue weighted by atomic mass is 35.5. The van der Waals surface area contributed by atoms with Crippen LogP contribution >= 0.6 is 11.6 Å². The molecule has 20 heavy (non-hydrogen) atoms. The molecule has 0 aliphatic heterocycles. The van der Waals surface area contributed by atoms with Crippen LogP contribution < -0.4 is 10.1 Å². The van der Waals surface area contributed by atoms with Crippen molar-refractivity contribution < 1.29 is 9.53 Å². The lowest BCUT2D eigenvalue weighted by molar-refractivity contribution is -0.127. The van der Waals surface area contributed by atoms with Crippen molar-refractivity contribution in [2.24, 2.45) is 0 Å². The molecule has 0 bridgehead atoms. The first kappa shape index (κ1) is 14.4. The summed E-state index contributed by atoms with van der Waals surface area (Å²) in [5.41, 5.74) is 1.06. The minimum atomic E-state index is -0.556. The lowest BCUT2D eigenvalue weighted by atomic mass is 10.2. The Kier molecular flexibility index (Phi) is 5.02. The SMILES string of the molecule is C[C@H](Oc1ccc(Cl)cc1)C(=O)NCc1ccccc1. The third-order valence-corrected chi connectivity index (χ3v) is 3.06. The zero-order valence-electron chi connectivity index (χ0n) is 11.2. The predicted octanol–water partition coefficient (Wildman–Crippen LogP) is 3.42. The molecule has 0 aliphatic rings. The van der Waals surface area contributed by atoms with E-state index in [9.17, 15) is 4.79 Å². The number of nitrogens with one attached hydrogen (secondary N) is 1. The number of halogens is 1. The lowest BCUT2D eigenvalue weighted by Gasteiger charge is -2.14. The van der Waals surface area contributed by atoms with Crippen molar-refractivity contribution in [1.82, 2.24) is 5.32 Å². The van der Waals surface area contributed by atoms with E-state index in [1.807, 2.05) is 30.3 Å². The molecule has 2 rings (SSSR count). The Morgan fingerprint density at radius 1 is 1.15 bits per heavy atom. The molecule has 104 valence electrons. The summed E-state index contributed by atoms with van der Waals surface area (Å²) in [4.78, 5) is 11.9. The van der Waals surface area contributed by atoms with E-state index in [-0.39, 0.29) is 5.91 Å². The molecule has 0 saturated heterocycles. The first-order chi connectivity index (χ1) is 9.65. The number of carbonyl (C=O) groups excluding carboxylic acids is 1. The molecule has 2 aromatic carbocycles. The smallest absolute Gasteiger partial charge is 0.261 e. The van der Waals surface area contributed by atoms with Crippen LogP contribution in [-0.4, -0.2) is 12.0 Å². The van der Waals surface area contributed by atoms with Gasteiger partial charge >= 0.3 is 0 Å². The van der Waals surface area contributed by atoms with Gasteiger partial charge in [-0.05, 0) is 36.8 Å². The zero-order valence-corrected chi connectivity index (χ0v) is 11.9. The van der Waals surface area contributed by atoms with Crippen LogP contribution in [0.4, 0.5) is 0 Å². The normalized spacial score (nSPS) is 11.7. The van der Waals surface area contributed by atoms with Gasteiger partial charge in [0.25, 0.3) is 5.91 Å². The van der Waals surface area contributed by atoms with Gasteiger partial charge in [0, 0.05) is 11.6 Å². The Hall–Kier alpha value is -2.00. The van der Waals surface area contributed by atoms with E-state index < -0.39 is 6.10 Å². The summed E-state index contributed by atoms with van der Waals surface area (Å²) in [7, 11) is 0. The Morgan fingerprint density at radius 2 is 1.80 bits per heavy atom. The van der Waals surface area contributed by atoms with E-state index >= 15 is 0 Å². The molecule has 1 atom stereocenters. The zero-order chi connectivity index (χ0) is 14.4. The maximum atomic E-state index is 11.9. The van der Waals surface area contributed by atoms with E-state index in [1.54, 1.807) is 31.2 Å². The van der Waals surface area contributed by atoms with Gasteiger partial charge in [0.05, 0.1) is 0 Å². The summed E-state index contributed by atoms with van der Waals surface area (Å²) in [5, 5.41) is 3.48. The highest BCUT2D eigenvalue weighted by molar-refractivity contribution is 6.30. The summed E-state index contributed by atoms with van der Waals surface area (Å²) in [6.07, 6.45) is -0.556. The molecule has 4 heteroatoms. The van der Waals surface area contributed by atoms with Gasteiger partial charge in [-0.2, -0.15) is 0 Å². The lowest BCUT2D eigenvalue weighted by Crippen LogP contribution is -2.35. The van der Waals surface area contributed by atoms with Crippen LogP contribution in [0.2, 0.25) is 5.02 Å². The van der Waals surface area contributed by atoms with Gasteiger partial charge in [-0.15, -0.1) is 0 Å². The van der Waals surface area contributed by atoms with E-state index in [2.05, 4.69) is 5.32 Å². The number of amides is 1. The highest BCUT2D eigenvalue weighted by Crippen LogP contribution is 2.16. The fourth-order valence-electron chi connectivity index (χ4n) is 1.70. The molecule has 0 heterocycles. The molecule has 1 amide bonds. The Morgan fingerprint density at radius 3 is 2.45 bits per heavy atom. The number of benzene rings is 2. The van der Waals surface area contributed by atoms with Crippen molar-refractivity contribution in [3.05, 3.63) is 65.2 Å². The van der Waals surface area contributed by atoms with Gasteiger partial charge in [0.2, 0.25) is 0 Å². The quantitative estimate of drug-likeness (QED) is 0.916. The highest BCUT2D eigenvalue weighted by Gasteiger charge is 2.14. The summed E-state index contributed by atoms with van der Waals surface area (Å²) < 4.78 is 5.55. The fraction of sp³-hybridized carbons (Fsp3) is 0.188. The molecular formula is C16H16ClNO2. The van der Waals surface area contributed by atoms with Crippen LogP contribution in [0.15, 0.2) is 54.6 Å². The standard InChI is InChI=1S/C16H16ClNO2/c1-12(20-15-9-7-14(17)8-10-15)16(19)18-11-13-5-3-2-4-6-13/h2-10,12H,11H2,1H3,(H,18,19)/t12-/m0/s1. The molecule has 0 spiro atoms. The van der Waals surface area contributed by atoms with Crippen molar-refractivity contribution in [2.45, 2.75) is 19.6 Å². The second kappa shape index (κ2) is 6.96. The monoisotopic (exact) mass is 289 g/mol. The van der Waals surface area contributed by atoms with E-state index in [1.165, 1.54) is 0 Å². The van der Waals surface area contributed by atoms with Crippen molar-refractivity contribution in [3.63, 3.8) is 0 Å². The second-order valence-electron chi connectivity index (χ2n) is 4.42. The molecule has 0 radical (unpaired) electrons. The van der Waals surface area contributed by atoms with E-state index in [0.29, 0.717) is 17.3 Å². The maximum Gasteiger partial charge on any atom is 0.261 e. The Labute approximate surface area is 123 Å². The molecule has 0 aliphatic carbocycles. The summed E-state index contributed by atoms with van der Waals surface area (Å²) in [6, 6.07) is 16.7. The van der Waals surface area contributed by atoms with Gasteiger partial charge in [-0.1, -0.05) is 41.9 Å². The van der Waals surface area contributed by atoms with E-state index in [0.717, 1.165) is 5.56 Å². The molecule has 0 unspecified atom stereocenters. The predicted molar refractivity (Wildman–Crippen MR) is 79.8 cm³/mol. The van der Waals surface area contributed by atoms with Crippen LogP contribution in [0.1, 0.15) is 12.5 Å². The average Bonchev–Trinajstić information content (AvgIpc) is 2.48. The van der Waals surface area contributed by atoms with Gasteiger partial charge < -0.3 is 10.1 Å². The topological polar surface area (TPSA) is 38.3 Å². The molecule has 2 aromatic rings. The summed E-state index contributed by atoms with van der Waals surface area (Å²) in [6.45, 7) is 2.21. The molecule has 0 saturated carbocycles. The fourth-order valence-corrected chi connectivity index (χ4v) is 1.83. The minimum Gasteiger partial charge on any atom is -0.481 e. The molecular weight excluding hydrogens is 274 g/mol. The average molecular weight is 290 g/mol. The Balaban J connectivity index is 1.84. The third kappa shape index (κ3) is 4.28. The van der Waals surface area contributed by atoms with Crippen molar-refractivity contribution >= 4 is 17.5 Å². The van der Waals surface area contributed by atoms with Crippen LogP contribution in [0, 0.1) is 0 Å². The largest absolute Gasteiger partial charge is 0.481 e. The minimum absolute atomic E-state index is 0.149. The van der Waals surface area contributed by atoms with Gasteiger partial charge in [-0.3, -0.25) is 4.79 Å². The Bertz CT molecular complexity index is 554. The maximum absolute atomic E-state index is 11.9. The first-order valence-electron chi connectivity index (χ1n) is 6.39.